The molecule has 2 aromatic carbocycles. The van der Waals surface area contributed by atoms with E-state index in [0.717, 1.165) is 64.7 Å². The van der Waals surface area contributed by atoms with E-state index in [-0.39, 0.29) is 5.91 Å². The van der Waals surface area contributed by atoms with Gasteiger partial charge in [-0.25, -0.2) is 0 Å². The Labute approximate surface area is 216 Å². The number of anilines is 1. The second-order valence-electron chi connectivity index (χ2n) is 8.74. The standard InChI is InChI=1S/C27H30IN3O4/c1-18-15-31(17-29-18)23-14-22(28-2)21(13-25(23)33-3)12-19-7-5-9-30(27(19)32)16-20-6-4-8-24-26(20)35-11-10-34-24/h4,6,8,12-15,29H,2,5,7,9-11,16-17H2,1,3H3/b19-12+. The van der Waals surface area contributed by atoms with Gasteiger partial charge in [-0.15, -0.1) is 0 Å². The van der Waals surface area contributed by atoms with Crippen molar-refractivity contribution in [2.75, 3.05) is 38.4 Å². The van der Waals surface area contributed by atoms with Crippen molar-refractivity contribution in [3.05, 3.63) is 62.5 Å². The van der Waals surface area contributed by atoms with Crippen molar-refractivity contribution in [2.45, 2.75) is 26.3 Å². The van der Waals surface area contributed by atoms with Crippen molar-refractivity contribution in [1.82, 2.24) is 10.2 Å². The number of halogens is 1. The highest BCUT2D eigenvalue weighted by atomic mass is 127. The van der Waals surface area contributed by atoms with Gasteiger partial charge in [0.15, 0.2) is 11.5 Å². The molecule has 0 saturated carbocycles. The summed E-state index contributed by atoms with van der Waals surface area (Å²) in [6.07, 6.45) is 5.82. The zero-order valence-electron chi connectivity index (χ0n) is 20.1. The maximum atomic E-state index is 13.5. The zero-order valence-corrected chi connectivity index (χ0v) is 22.3. The predicted molar refractivity (Wildman–Crippen MR) is 147 cm³/mol. The van der Waals surface area contributed by atoms with E-state index >= 15 is 0 Å². The van der Waals surface area contributed by atoms with E-state index in [4.69, 9.17) is 14.2 Å². The third kappa shape index (κ3) is 4.89. The summed E-state index contributed by atoms with van der Waals surface area (Å²) in [6.45, 7) is 5.07. The summed E-state index contributed by atoms with van der Waals surface area (Å²) in [5.74, 6) is 2.37. The Kier molecular flexibility index (Phi) is 6.99. The van der Waals surface area contributed by atoms with Crippen LogP contribution >= 0.6 is 20.7 Å². The SMILES string of the molecule is C=Ic1cc(N2C=C(C)NC2)c(OC)cc1/C=C1\CCCN(Cc2cccc3c2OCCO3)C1=O. The summed E-state index contributed by atoms with van der Waals surface area (Å²) in [7, 11) is 1.69. The number of benzene rings is 2. The van der Waals surface area contributed by atoms with E-state index in [9.17, 15) is 4.79 Å². The molecule has 8 heteroatoms. The minimum atomic E-state index is -0.449. The monoisotopic (exact) mass is 587 g/mol. The highest BCUT2D eigenvalue weighted by molar-refractivity contribution is 14.2. The number of allylic oxidation sites excluding steroid dienone is 1. The average Bonchev–Trinajstić information content (AvgIpc) is 3.32. The molecule has 1 amide bonds. The van der Waals surface area contributed by atoms with Crippen molar-refractivity contribution in [3.8, 4) is 17.2 Å². The smallest absolute Gasteiger partial charge is 0.250 e. The fraction of sp³-hybridized carbons (Fsp3) is 0.333. The Bertz CT molecular complexity index is 1220. The minimum absolute atomic E-state index is 0.0733. The normalized spacial score (nSPS) is 18.5. The molecule has 2 aromatic rings. The Morgan fingerprint density at radius 2 is 2.11 bits per heavy atom. The van der Waals surface area contributed by atoms with Gasteiger partial charge in [0.05, 0.1) is 19.5 Å². The molecular weight excluding hydrogens is 557 g/mol. The number of para-hydroxylation sites is 1. The van der Waals surface area contributed by atoms with Gasteiger partial charge >= 0.3 is 0 Å². The molecule has 3 aliphatic rings. The number of piperidine rings is 1. The molecule has 5 rings (SSSR count). The first-order valence-electron chi connectivity index (χ1n) is 11.7. The van der Waals surface area contributed by atoms with Gasteiger partial charge in [0, 0.05) is 39.7 Å². The van der Waals surface area contributed by atoms with E-state index < -0.39 is 20.7 Å². The first-order chi connectivity index (χ1) is 17.1. The van der Waals surface area contributed by atoms with Crippen molar-refractivity contribution in [3.63, 3.8) is 0 Å². The summed E-state index contributed by atoms with van der Waals surface area (Å²) >= 11 is -0.449. The van der Waals surface area contributed by atoms with Crippen LogP contribution in [0.5, 0.6) is 17.2 Å². The molecule has 1 fully saturated rings. The fourth-order valence-electron chi connectivity index (χ4n) is 4.67. The van der Waals surface area contributed by atoms with Gasteiger partial charge in [0.25, 0.3) is 0 Å². The lowest BCUT2D eigenvalue weighted by atomic mass is 9.99. The second kappa shape index (κ2) is 10.3. The van der Waals surface area contributed by atoms with E-state index in [0.29, 0.717) is 26.4 Å². The molecule has 0 aliphatic carbocycles. The molecule has 1 N–H and O–H groups in total. The molecule has 184 valence electrons. The molecule has 0 aromatic heterocycles. The van der Waals surface area contributed by atoms with Crippen LogP contribution in [0.25, 0.3) is 6.08 Å². The third-order valence-corrected chi connectivity index (χ3v) is 8.16. The van der Waals surface area contributed by atoms with Crippen molar-refractivity contribution >= 4 is 42.9 Å². The summed E-state index contributed by atoms with van der Waals surface area (Å²) in [5, 5.41) is 3.33. The van der Waals surface area contributed by atoms with Crippen LogP contribution in [0.2, 0.25) is 0 Å². The first kappa shape index (κ1) is 23.7. The van der Waals surface area contributed by atoms with Crippen molar-refractivity contribution < 1.29 is 19.0 Å². The van der Waals surface area contributed by atoms with E-state index in [2.05, 4.69) is 33.1 Å². The number of carbonyl (C=O) groups is 1. The molecule has 0 radical (unpaired) electrons. The van der Waals surface area contributed by atoms with Gasteiger partial charge in [-0.1, -0.05) is 37.4 Å². The summed E-state index contributed by atoms with van der Waals surface area (Å²) in [4.78, 5) is 17.6. The Morgan fingerprint density at radius 1 is 1.26 bits per heavy atom. The van der Waals surface area contributed by atoms with Crippen LogP contribution in [0.3, 0.4) is 0 Å². The van der Waals surface area contributed by atoms with E-state index in [1.54, 1.807) is 7.11 Å². The molecule has 0 unspecified atom stereocenters. The van der Waals surface area contributed by atoms with Gasteiger partial charge in [-0.05, 0) is 49.6 Å². The lowest BCUT2D eigenvalue weighted by Gasteiger charge is -2.30. The van der Waals surface area contributed by atoms with Gasteiger partial charge in [0.2, 0.25) is 5.91 Å². The fourth-order valence-corrected chi connectivity index (χ4v) is 5.94. The van der Waals surface area contributed by atoms with Gasteiger partial charge in [-0.2, -0.15) is 0 Å². The lowest BCUT2D eigenvalue weighted by molar-refractivity contribution is -0.129. The van der Waals surface area contributed by atoms with Crippen molar-refractivity contribution in [1.29, 1.82) is 0 Å². The number of carbonyl (C=O) groups excluding carboxylic acids is 1. The quantitative estimate of drug-likeness (QED) is 0.398. The second-order valence-corrected chi connectivity index (χ2v) is 10.7. The minimum Gasteiger partial charge on any atom is -0.495 e. The van der Waals surface area contributed by atoms with Crippen LogP contribution in [0.15, 0.2) is 47.8 Å². The van der Waals surface area contributed by atoms with Crippen LogP contribution < -0.4 is 24.4 Å². The van der Waals surface area contributed by atoms with Gasteiger partial charge < -0.3 is 29.3 Å². The Hall–Kier alpha value is -3.01. The predicted octanol–water partition coefficient (Wildman–Crippen LogP) is 4.47. The van der Waals surface area contributed by atoms with Crippen LogP contribution in [-0.2, 0) is 11.3 Å². The molecule has 0 bridgehead atoms. The number of hydrogen-bond acceptors (Lipinski definition) is 6. The third-order valence-electron chi connectivity index (χ3n) is 6.40. The van der Waals surface area contributed by atoms with Crippen LogP contribution in [0, 0.1) is 3.57 Å². The highest BCUT2D eigenvalue weighted by Crippen LogP contribution is 2.37. The van der Waals surface area contributed by atoms with Crippen LogP contribution in [0.1, 0.15) is 30.9 Å². The van der Waals surface area contributed by atoms with E-state index in [1.165, 1.54) is 3.57 Å². The molecular formula is C27H30IN3O4. The average molecular weight is 587 g/mol. The number of ether oxygens (including phenoxy) is 3. The maximum Gasteiger partial charge on any atom is 0.250 e. The number of amides is 1. The Balaban J connectivity index is 1.42. The molecule has 3 heterocycles. The van der Waals surface area contributed by atoms with Gasteiger partial charge in [-0.3, -0.25) is 4.79 Å². The number of nitrogens with one attached hydrogen (secondary N) is 1. The summed E-state index contributed by atoms with van der Waals surface area (Å²) in [5.41, 5.74) is 4.97. The largest absolute Gasteiger partial charge is 0.495 e. The van der Waals surface area contributed by atoms with Crippen molar-refractivity contribution in [2.24, 2.45) is 0 Å². The number of rotatable bonds is 6. The molecule has 3 aliphatic heterocycles. The number of nitrogens with zero attached hydrogens (tertiary/aromatic N) is 2. The molecule has 35 heavy (non-hydrogen) atoms. The van der Waals surface area contributed by atoms with Gasteiger partial charge in [0.1, 0.15) is 19.0 Å². The Morgan fingerprint density at radius 3 is 2.89 bits per heavy atom. The highest BCUT2D eigenvalue weighted by Gasteiger charge is 2.26. The maximum absolute atomic E-state index is 13.5. The topological polar surface area (TPSA) is 63.3 Å². The summed E-state index contributed by atoms with van der Waals surface area (Å²) in [6, 6.07) is 10.1. The number of fused-ring (bicyclic) bond motifs is 1. The molecule has 7 nitrogen and oxygen atoms in total. The molecule has 0 spiro atoms. The first-order valence-corrected chi connectivity index (χ1v) is 14.3. The molecule has 0 atom stereocenters. The summed E-state index contributed by atoms with van der Waals surface area (Å²) < 4.78 is 22.8. The number of likely N-dealkylation sites (tertiary alicyclic amines) is 1. The molecule has 1 saturated heterocycles. The van der Waals surface area contributed by atoms with Crippen LogP contribution in [0.4, 0.5) is 5.69 Å². The van der Waals surface area contributed by atoms with Crippen LogP contribution in [-0.4, -0.2) is 48.9 Å². The van der Waals surface area contributed by atoms with E-state index in [1.807, 2.05) is 36.1 Å². The zero-order chi connectivity index (χ0) is 24.4. The number of methoxy groups -OCH3 is 1. The lowest BCUT2D eigenvalue weighted by Crippen LogP contribution is -2.36. The number of hydrogen-bond donors (Lipinski definition) is 1.